The van der Waals surface area contributed by atoms with Crippen molar-refractivity contribution < 1.29 is 0 Å². The molecule has 9 aromatic rings. The fourth-order valence-electron chi connectivity index (χ4n) is 6.45. The summed E-state index contributed by atoms with van der Waals surface area (Å²) >= 11 is 0. The maximum Gasteiger partial charge on any atom is 0.218 e. The Labute approximate surface area is 240 Å². The van der Waals surface area contributed by atoms with Crippen LogP contribution in [0, 0.1) is 0 Å². The third-order valence-corrected chi connectivity index (χ3v) is 8.31. The quantitative estimate of drug-likeness (QED) is 0.227. The van der Waals surface area contributed by atoms with Gasteiger partial charge in [0.25, 0.3) is 0 Å². The molecule has 0 fully saturated rings. The summed E-state index contributed by atoms with van der Waals surface area (Å²) in [6, 6.07) is 42.5. The summed E-state index contributed by atoms with van der Waals surface area (Å²) in [5.41, 5.74) is 8.82. The van der Waals surface area contributed by atoms with E-state index in [-0.39, 0.29) is 0 Å². The highest BCUT2D eigenvalue weighted by molar-refractivity contribution is 6.23. The van der Waals surface area contributed by atoms with Gasteiger partial charge in [0.15, 0.2) is 11.3 Å². The van der Waals surface area contributed by atoms with Crippen LogP contribution >= 0.6 is 0 Å². The van der Waals surface area contributed by atoms with Gasteiger partial charge in [-0.05, 0) is 24.3 Å². The van der Waals surface area contributed by atoms with Gasteiger partial charge in [0.05, 0.1) is 34.0 Å². The van der Waals surface area contributed by atoms with Crippen LogP contribution in [0.2, 0.25) is 0 Å². The van der Waals surface area contributed by atoms with Crippen molar-refractivity contribution in [3.8, 4) is 22.9 Å². The number of aryl methyl sites for hydroxylation is 1. The van der Waals surface area contributed by atoms with Gasteiger partial charge in [0.1, 0.15) is 0 Å². The van der Waals surface area contributed by atoms with Crippen LogP contribution in [0.1, 0.15) is 0 Å². The standard InChI is InChI=1S/C36H24N6/c1-40-35-34(38-29(22-37-35)23-12-4-2-5-13-23)39-36(40)42-31-19-11-9-17-26(31)28-21-20-27-25-16-8-10-18-30(25)41(32(27)33(28)42)24-14-6-3-7-15-24/h2-22H,1H3. The minimum absolute atomic E-state index is 0.621. The van der Waals surface area contributed by atoms with E-state index in [0.29, 0.717) is 5.65 Å². The van der Waals surface area contributed by atoms with Crippen LogP contribution < -0.4 is 0 Å². The van der Waals surface area contributed by atoms with E-state index in [4.69, 9.17) is 15.0 Å². The molecular weight excluding hydrogens is 516 g/mol. The molecule has 6 heteroatoms. The van der Waals surface area contributed by atoms with E-state index in [0.717, 1.165) is 45.1 Å². The average Bonchev–Trinajstić information content (AvgIpc) is 3.68. The molecule has 0 N–H and O–H groups in total. The molecule has 4 heterocycles. The van der Waals surface area contributed by atoms with E-state index in [2.05, 4.69) is 105 Å². The molecule has 0 bridgehead atoms. The fourth-order valence-corrected chi connectivity index (χ4v) is 6.45. The zero-order chi connectivity index (χ0) is 27.8. The van der Waals surface area contributed by atoms with Gasteiger partial charge in [0, 0.05) is 39.8 Å². The van der Waals surface area contributed by atoms with Crippen LogP contribution in [0.15, 0.2) is 128 Å². The van der Waals surface area contributed by atoms with Crippen LogP contribution in [0.4, 0.5) is 0 Å². The number of nitrogens with zero attached hydrogens (tertiary/aromatic N) is 6. The summed E-state index contributed by atoms with van der Waals surface area (Å²) in [6.45, 7) is 0. The van der Waals surface area contributed by atoms with Gasteiger partial charge in [-0.25, -0.2) is 9.97 Å². The average molecular weight is 541 g/mol. The minimum Gasteiger partial charge on any atom is -0.307 e. The first kappa shape index (κ1) is 23.0. The predicted octanol–water partition coefficient (Wildman–Crippen LogP) is 8.22. The molecule has 0 saturated carbocycles. The molecule has 0 atom stereocenters. The molecule has 0 aliphatic rings. The number of hydrogen-bond acceptors (Lipinski definition) is 3. The second-order valence-electron chi connectivity index (χ2n) is 10.6. The molecule has 0 radical (unpaired) electrons. The van der Waals surface area contributed by atoms with Gasteiger partial charge in [-0.1, -0.05) is 97.1 Å². The molecule has 0 aliphatic carbocycles. The van der Waals surface area contributed by atoms with E-state index in [1.54, 1.807) is 0 Å². The number of benzene rings is 5. The van der Waals surface area contributed by atoms with E-state index < -0.39 is 0 Å². The normalized spacial score (nSPS) is 11.9. The third-order valence-electron chi connectivity index (χ3n) is 8.31. The third kappa shape index (κ3) is 3.12. The summed E-state index contributed by atoms with van der Waals surface area (Å²) in [6.07, 6.45) is 1.83. The van der Waals surface area contributed by atoms with Crippen molar-refractivity contribution in [2.75, 3.05) is 0 Å². The Balaban J connectivity index is 1.45. The second-order valence-corrected chi connectivity index (χ2v) is 10.6. The lowest BCUT2D eigenvalue weighted by Gasteiger charge is -2.12. The van der Waals surface area contributed by atoms with Gasteiger partial charge in [0.2, 0.25) is 5.95 Å². The molecule has 5 aromatic carbocycles. The first-order valence-corrected chi connectivity index (χ1v) is 14.0. The SMILES string of the molecule is Cn1c(-n2c3ccccc3c3ccc4c5ccccc5n(-c5ccccc5)c4c32)nc2nc(-c3ccccc3)cnc21. The highest BCUT2D eigenvalue weighted by Gasteiger charge is 2.23. The number of hydrogen-bond donors (Lipinski definition) is 0. The molecule has 0 aliphatic heterocycles. The van der Waals surface area contributed by atoms with Gasteiger partial charge in [-0.3, -0.25) is 9.13 Å². The molecule has 42 heavy (non-hydrogen) atoms. The number of para-hydroxylation sites is 3. The molecule has 0 saturated heterocycles. The van der Waals surface area contributed by atoms with Gasteiger partial charge in [-0.2, -0.15) is 4.98 Å². The summed E-state index contributed by atoms with van der Waals surface area (Å²) in [5.74, 6) is 0.777. The summed E-state index contributed by atoms with van der Waals surface area (Å²) in [7, 11) is 2.02. The van der Waals surface area contributed by atoms with Gasteiger partial charge < -0.3 is 4.57 Å². The van der Waals surface area contributed by atoms with E-state index in [9.17, 15) is 0 Å². The van der Waals surface area contributed by atoms with Gasteiger partial charge in [-0.15, -0.1) is 0 Å². The Bertz CT molecular complexity index is 2460. The molecule has 6 nitrogen and oxygen atoms in total. The Hall–Kier alpha value is -5.75. The molecule has 0 spiro atoms. The Morgan fingerprint density at radius 2 is 1.10 bits per heavy atom. The molecular formula is C36H24N6. The smallest absolute Gasteiger partial charge is 0.218 e. The maximum atomic E-state index is 5.15. The zero-order valence-electron chi connectivity index (χ0n) is 22.8. The summed E-state index contributed by atoms with van der Waals surface area (Å²) < 4.78 is 6.73. The van der Waals surface area contributed by atoms with E-state index in [1.807, 2.05) is 43.6 Å². The molecule has 0 unspecified atom stereocenters. The van der Waals surface area contributed by atoms with Crippen molar-refractivity contribution in [3.05, 3.63) is 128 Å². The van der Waals surface area contributed by atoms with Crippen molar-refractivity contribution in [1.82, 2.24) is 28.7 Å². The van der Waals surface area contributed by atoms with Crippen molar-refractivity contribution >= 4 is 54.9 Å². The first-order valence-electron chi connectivity index (χ1n) is 14.0. The number of imidazole rings is 1. The minimum atomic E-state index is 0.621. The molecule has 9 rings (SSSR count). The predicted molar refractivity (Wildman–Crippen MR) is 170 cm³/mol. The topological polar surface area (TPSA) is 53.5 Å². The second kappa shape index (κ2) is 8.62. The Morgan fingerprint density at radius 3 is 1.79 bits per heavy atom. The van der Waals surface area contributed by atoms with Crippen molar-refractivity contribution in [3.63, 3.8) is 0 Å². The lowest BCUT2D eigenvalue weighted by Crippen LogP contribution is -2.04. The largest absolute Gasteiger partial charge is 0.307 e. The molecule has 0 amide bonds. The van der Waals surface area contributed by atoms with E-state index in [1.165, 1.54) is 27.1 Å². The van der Waals surface area contributed by atoms with Crippen LogP contribution in [0.3, 0.4) is 0 Å². The van der Waals surface area contributed by atoms with E-state index >= 15 is 0 Å². The Morgan fingerprint density at radius 1 is 0.524 bits per heavy atom. The number of fused-ring (bicyclic) bond motifs is 8. The van der Waals surface area contributed by atoms with Gasteiger partial charge >= 0.3 is 0 Å². The monoisotopic (exact) mass is 540 g/mol. The molecule has 4 aromatic heterocycles. The summed E-state index contributed by atoms with van der Waals surface area (Å²) in [5, 5.41) is 4.77. The molecule has 198 valence electrons. The van der Waals surface area contributed by atoms with Crippen molar-refractivity contribution in [1.29, 1.82) is 0 Å². The zero-order valence-corrected chi connectivity index (χ0v) is 22.8. The fraction of sp³-hybridized carbons (Fsp3) is 0.0278. The summed E-state index contributed by atoms with van der Waals surface area (Å²) in [4.78, 5) is 14.9. The number of aromatic nitrogens is 6. The van der Waals surface area contributed by atoms with Crippen LogP contribution in [0.5, 0.6) is 0 Å². The number of rotatable bonds is 3. The lowest BCUT2D eigenvalue weighted by atomic mass is 10.1. The van der Waals surface area contributed by atoms with Crippen LogP contribution in [-0.2, 0) is 7.05 Å². The van der Waals surface area contributed by atoms with Crippen LogP contribution in [-0.4, -0.2) is 28.7 Å². The Kier molecular flexibility index (Phi) is 4.72. The van der Waals surface area contributed by atoms with Crippen molar-refractivity contribution in [2.45, 2.75) is 0 Å². The highest BCUT2D eigenvalue weighted by Crippen LogP contribution is 2.41. The lowest BCUT2D eigenvalue weighted by molar-refractivity contribution is 0.860. The van der Waals surface area contributed by atoms with Crippen LogP contribution in [0.25, 0.3) is 77.8 Å². The highest BCUT2D eigenvalue weighted by atomic mass is 15.3. The van der Waals surface area contributed by atoms with Crippen molar-refractivity contribution in [2.24, 2.45) is 7.05 Å². The maximum absolute atomic E-state index is 5.15. The first-order chi connectivity index (χ1) is 20.8.